The maximum atomic E-state index is 12.2. The zero-order chi connectivity index (χ0) is 40.5. The van der Waals surface area contributed by atoms with Gasteiger partial charge in [-0.25, -0.2) is 0 Å². The fraction of sp³-hybridized carbons (Fsp3) is 0.440. The van der Waals surface area contributed by atoms with E-state index in [9.17, 15) is 9.90 Å². The number of hydrogen-bond acceptors (Lipinski definition) is 5. The molecule has 4 nitrogen and oxygen atoms in total. The molecule has 0 bridgehead atoms. The molecule has 3 aromatic carbocycles. The number of aryl methyl sites for hydroxylation is 2. The van der Waals surface area contributed by atoms with E-state index in [0.29, 0.717) is 5.92 Å². The van der Waals surface area contributed by atoms with Crippen LogP contribution < -0.4 is 0 Å². The standard InChI is InChI=1S/C35H34NOS.C15H28O2.Ir/c1-20(2)17-27-22(4)37-29-14-10-13-26(32(27)29)34-21(3)31-30(38-34)15-16-36-33(31)24-18-23-11-8-9-12-25(23)28(19-24)35(5,6)7;1-7-14(5,8-2)12(16)11-13(17)15(6,9-3)10-4;/h8-16,19-20H,17H2,1-7H3;11,16H,7-10H2,1-6H3;/q-1;;/b;12-11-;. The van der Waals surface area contributed by atoms with Crippen molar-refractivity contribution >= 4 is 48.9 Å². The molecule has 0 aliphatic heterocycles. The Kier molecular flexibility index (Phi) is 14.4. The number of allylic oxidation sites excluding steroid dienone is 2. The summed E-state index contributed by atoms with van der Waals surface area (Å²) in [6.45, 7) is 27.8. The van der Waals surface area contributed by atoms with Gasteiger partial charge in [-0.15, -0.1) is 40.5 Å². The van der Waals surface area contributed by atoms with Crippen LogP contribution in [0.2, 0.25) is 0 Å². The van der Waals surface area contributed by atoms with Crippen LogP contribution >= 0.6 is 11.3 Å². The van der Waals surface area contributed by atoms with Crippen LogP contribution in [0.1, 0.15) is 124 Å². The van der Waals surface area contributed by atoms with Crippen LogP contribution in [0.15, 0.2) is 77.0 Å². The fourth-order valence-corrected chi connectivity index (χ4v) is 8.72. The van der Waals surface area contributed by atoms with Gasteiger partial charge in [0.05, 0.1) is 0 Å². The molecule has 0 aliphatic carbocycles. The molecule has 0 unspecified atom stereocenters. The summed E-state index contributed by atoms with van der Waals surface area (Å²) in [5.41, 5.74) is 7.64. The zero-order valence-electron chi connectivity index (χ0n) is 35.9. The molecule has 0 atom stereocenters. The number of pyridine rings is 1. The number of nitrogens with zero attached hydrogens (tertiary/aromatic N) is 1. The first kappa shape index (κ1) is 45.1. The molecule has 6 heteroatoms. The molecule has 0 spiro atoms. The van der Waals surface area contributed by atoms with Gasteiger partial charge in [-0.05, 0) is 80.4 Å². The maximum absolute atomic E-state index is 12.2. The van der Waals surface area contributed by atoms with Crippen molar-refractivity contribution in [1.29, 1.82) is 0 Å². The van der Waals surface area contributed by atoms with Crippen LogP contribution in [0, 0.1) is 36.7 Å². The van der Waals surface area contributed by atoms with Gasteiger partial charge in [-0.3, -0.25) is 9.78 Å². The molecule has 0 fully saturated rings. The number of carbonyl (C=O) groups excluding carboxylic acids is 1. The fourth-order valence-electron chi connectivity index (χ4n) is 7.49. The van der Waals surface area contributed by atoms with Gasteiger partial charge in [-0.2, -0.15) is 0 Å². The third kappa shape index (κ3) is 8.94. The van der Waals surface area contributed by atoms with Gasteiger partial charge in [0.1, 0.15) is 17.1 Å². The van der Waals surface area contributed by atoms with E-state index in [4.69, 9.17) is 9.40 Å². The smallest absolute Gasteiger partial charge is 0.164 e. The van der Waals surface area contributed by atoms with Crippen LogP contribution in [-0.2, 0) is 36.7 Å². The Balaban J connectivity index is 0.000000330. The SMILES string of the molecule is CCC(C)(CC)C(=O)/C=C(\O)C(C)(CC)CC.Cc1oc2cccc(-c3sc4ccnc(-c5[c-]c6ccccc6c(C(C)(C)C)c5)c4c3C)c2c1CC(C)C.[Ir]. The number of thiophene rings is 1. The van der Waals surface area contributed by atoms with Crippen molar-refractivity contribution in [3.05, 3.63) is 101 Å². The summed E-state index contributed by atoms with van der Waals surface area (Å²) in [6, 6.07) is 23.2. The number of ketones is 1. The molecule has 0 amide bonds. The van der Waals surface area contributed by atoms with Crippen LogP contribution in [0.4, 0.5) is 0 Å². The van der Waals surface area contributed by atoms with Crippen molar-refractivity contribution in [3.8, 4) is 21.7 Å². The first-order valence-electron chi connectivity index (χ1n) is 20.2. The summed E-state index contributed by atoms with van der Waals surface area (Å²) in [4.78, 5) is 18.4. The van der Waals surface area contributed by atoms with Crippen LogP contribution in [0.5, 0.6) is 0 Å². The molecule has 301 valence electrons. The average Bonchev–Trinajstić information content (AvgIpc) is 3.68. The normalized spacial score (nSPS) is 12.6. The Morgan fingerprint density at radius 3 is 2.14 bits per heavy atom. The van der Waals surface area contributed by atoms with E-state index in [1.807, 2.05) is 59.1 Å². The second-order valence-electron chi connectivity index (χ2n) is 17.3. The molecule has 1 radical (unpaired) electrons. The molecule has 6 rings (SSSR count). The van der Waals surface area contributed by atoms with E-state index in [-0.39, 0.29) is 47.9 Å². The van der Waals surface area contributed by atoms with Crippen LogP contribution in [-0.4, -0.2) is 15.9 Å². The molecule has 56 heavy (non-hydrogen) atoms. The molecule has 3 aromatic heterocycles. The van der Waals surface area contributed by atoms with Crippen molar-refractivity contribution < 1.29 is 34.4 Å². The summed E-state index contributed by atoms with van der Waals surface area (Å²) in [5, 5.41) is 15.0. The topological polar surface area (TPSA) is 63.3 Å². The molecule has 3 heterocycles. The Bertz CT molecular complexity index is 2340. The third-order valence-electron chi connectivity index (χ3n) is 12.2. The summed E-state index contributed by atoms with van der Waals surface area (Å²) in [5.74, 6) is 1.87. The number of aliphatic hydroxyl groups excluding tert-OH is 1. The largest absolute Gasteiger partial charge is 0.512 e. The van der Waals surface area contributed by atoms with E-state index in [2.05, 4.69) is 109 Å². The summed E-state index contributed by atoms with van der Waals surface area (Å²) >= 11 is 1.86. The molecule has 1 N–H and O–H groups in total. The van der Waals surface area contributed by atoms with Gasteiger partial charge in [0.15, 0.2) is 5.78 Å². The number of aromatic nitrogens is 1. The predicted octanol–water partition coefficient (Wildman–Crippen LogP) is 15.1. The number of hydrogen-bond donors (Lipinski definition) is 1. The maximum Gasteiger partial charge on any atom is 0.164 e. The van der Waals surface area contributed by atoms with E-state index < -0.39 is 0 Å². The number of furan rings is 1. The average molecular weight is 949 g/mol. The first-order chi connectivity index (χ1) is 25.9. The quantitative estimate of drug-likeness (QED) is 0.0798. The Labute approximate surface area is 353 Å². The Morgan fingerprint density at radius 2 is 1.54 bits per heavy atom. The van der Waals surface area contributed by atoms with E-state index in [1.165, 1.54) is 54.1 Å². The van der Waals surface area contributed by atoms with E-state index in [0.717, 1.165) is 60.1 Å². The van der Waals surface area contributed by atoms with Gasteiger partial charge in [-0.1, -0.05) is 117 Å². The predicted molar refractivity (Wildman–Crippen MR) is 236 cm³/mol. The van der Waals surface area contributed by atoms with E-state index in [1.54, 1.807) is 0 Å². The molecule has 0 aliphatic rings. The number of aliphatic hydroxyl groups is 1. The Hall–Kier alpha value is -3.57. The summed E-state index contributed by atoms with van der Waals surface area (Å²) < 4.78 is 7.50. The van der Waals surface area contributed by atoms with Gasteiger partial charge < -0.3 is 9.52 Å². The van der Waals surface area contributed by atoms with Crippen LogP contribution in [0.25, 0.3) is 53.5 Å². The number of rotatable bonds is 11. The number of carbonyl (C=O) groups is 1. The molecule has 0 saturated heterocycles. The van der Waals surface area contributed by atoms with Gasteiger partial charge in [0, 0.05) is 75.0 Å². The van der Waals surface area contributed by atoms with Crippen LogP contribution in [0.3, 0.4) is 0 Å². The van der Waals surface area contributed by atoms with Gasteiger partial charge >= 0.3 is 0 Å². The van der Waals surface area contributed by atoms with Crippen molar-refractivity contribution in [3.63, 3.8) is 0 Å². The zero-order valence-corrected chi connectivity index (χ0v) is 39.1. The monoisotopic (exact) mass is 949 g/mol. The second-order valence-corrected chi connectivity index (χ2v) is 18.4. The van der Waals surface area contributed by atoms with Crippen molar-refractivity contribution in [1.82, 2.24) is 4.98 Å². The van der Waals surface area contributed by atoms with Crippen molar-refractivity contribution in [2.75, 3.05) is 0 Å². The third-order valence-corrected chi connectivity index (χ3v) is 13.4. The van der Waals surface area contributed by atoms with Gasteiger partial charge in [0.2, 0.25) is 0 Å². The minimum atomic E-state index is -0.337. The van der Waals surface area contributed by atoms with Crippen molar-refractivity contribution in [2.45, 2.75) is 128 Å². The molecular formula is C50H62IrNO3S-. The minimum Gasteiger partial charge on any atom is -0.512 e. The Morgan fingerprint density at radius 1 is 0.893 bits per heavy atom. The first-order valence-corrected chi connectivity index (χ1v) is 21.0. The number of benzene rings is 3. The van der Waals surface area contributed by atoms with Gasteiger partial charge in [0.25, 0.3) is 0 Å². The number of fused-ring (bicyclic) bond motifs is 3. The van der Waals surface area contributed by atoms with Crippen molar-refractivity contribution in [2.24, 2.45) is 16.7 Å². The molecular weight excluding hydrogens is 887 g/mol. The second kappa shape index (κ2) is 17.9. The summed E-state index contributed by atoms with van der Waals surface area (Å²) in [6.07, 6.45) is 7.71. The minimum absolute atomic E-state index is 0. The summed E-state index contributed by atoms with van der Waals surface area (Å²) in [7, 11) is 0. The van der Waals surface area contributed by atoms with E-state index >= 15 is 0 Å². The molecule has 6 aromatic rings. The molecule has 0 saturated carbocycles.